The Hall–Kier alpha value is -1.84. The van der Waals surface area contributed by atoms with Crippen molar-refractivity contribution in [1.29, 1.82) is 0 Å². The topological polar surface area (TPSA) is 55.4 Å². The summed E-state index contributed by atoms with van der Waals surface area (Å²) < 4.78 is 5.61. The molecule has 4 heteroatoms. The fourth-order valence-electron chi connectivity index (χ4n) is 2.76. The Balaban J connectivity index is 1.93. The van der Waals surface area contributed by atoms with E-state index in [1.54, 1.807) is 12.1 Å². The number of nitrogens with one attached hydrogen (secondary N) is 1. The van der Waals surface area contributed by atoms with Gasteiger partial charge in [-0.1, -0.05) is 12.8 Å². The molecule has 0 saturated heterocycles. The molecular formula is C16H21NO3. The zero-order valence-electron chi connectivity index (χ0n) is 12.1. The Morgan fingerprint density at radius 1 is 1.30 bits per heavy atom. The molecule has 4 nitrogen and oxygen atoms in total. The number of hydrogen-bond donors (Lipinski definition) is 1. The molecule has 1 saturated carbocycles. The minimum Gasteiger partial charge on any atom is -0.483 e. The van der Waals surface area contributed by atoms with Crippen LogP contribution in [0.3, 0.4) is 0 Å². The normalized spacial score (nSPS) is 15.1. The quantitative estimate of drug-likeness (QED) is 0.840. The third kappa shape index (κ3) is 3.59. The maximum atomic E-state index is 11.8. The first-order chi connectivity index (χ1) is 9.60. The van der Waals surface area contributed by atoms with Gasteiger partial charge in [-0.15, -0.1) is 0 Å². The highest BCUT2D eigenvalue weighted by atomic mass is 16.5. The molecule has 0 radical (unpaired) electrons. The maximum absolute atomic E-state index is 11.8. The monoisotopic (exact) mass is 275 g/mol. The van der Waals surface area contributed by atoms with E-state index in [0.29, 0.717) is 17.4 Å². The van der Waals surface area contributed by atoms with Gasteiger partial charge < -0.3 is 10.1 Å². The van der Waals surface area contributed by atoms with Crippen molar-refractivity contribution in [2.24, 2.45) is 0 Å². The molecule has 108 valence electrons. The summed E-state index contributed by atoms with van der Waals surface area (Å²) in [6, 6.07) is 3.85. The Kier molecular flexibility index (Phi) is 4.77. The molecule has 1 N–H and O–H groups in total. The zero-order chi connectivity index (χ0) is 14.5. The Morgan fingerprint density at radius 2 is 1.90 bits per heavy atom. The van der Waals surface area contributed by atoms with Gasteiger partial charge in [0.25, 0.3) is 5.91 Å². The number of benzene rings is 1. The van der Waals surface area contributed by atoms with Gasteiger partial charge in [-0.3, -0.25) is 9.59 Å². The lowest BCUT2D eigenvalue weighted by Crippen LogP contribution is -2.36. The number of aldehydes is 1. The van der Waals surface area contributed by atoms with Gasteiger partial charge in [-0.05, 0) is 49.9 Å². The molecule has 1 fully saturated rings. The summed E-state index contributed by atoms with van der Waals surface area (Å²) in [5.41, 5.74) is 2.38. The van der Waals surface area contributed by atoms with E-state index in [2.05, 4.69) is 5.32 Å². The molecule has 0 aliphatic heterocycles. The Labute approximate surface area is 119 Å². The summed E-state index contributed by atoms with van der Waals surface area (Å²) in [7, 11) is 0. The summed E-state index contributed by atoms with van der Waals surface area (Å²) in [5, 5.41) is 2.99. The van der Waals surface area contributed by atoms with E-state index in [-0.39, 0.29) is 12.5 Å². The van der Waals surface area contributed by atoms with Crippen LogP contribution < -0.4 is 10.1 Å². The molecular weight excluding hydrogens is 254 g/mol. The fourth-order valence-corrected chi connectivity index (χ4v) is 2.76. The second-order valence-electron chi connectivity index (χ2n) is 5.44. The van der Waals surface area contributed by atoms with Gasteiger partial charge in [0.15, 0.2) is 6.61 Å². The lowest BCUT2D eigenvalue weighted by Gasteiger charge is -2.15. The SMILES string of the molecule is Cc1cc(C=O)cc(C)c1OCC(=O)NC1CCCC1. The summed E-state index contributed by atoms with van der Waals surface area (Å²) in [4.78, 5) is 22.6. The largest absolute Gasteiger partial charge is 0.483 e. The second-order valence-corrected chi connectivity index (χ2v) is 5.44. The fraction of sp³-hybridized carbons (Fsp3) is 0.500. The molecule has 0 unspecified atom stereocenters. The van der Waals surface area contributed by atoms with Crippen molar-refractivity contribution in [3.63, 3.8) is 0 Å². The molecule has 0 heterocycles. The molecule has 1 aliphatic carbocycles. The number of rotatable bonds is 5. The summed E-state index contributed by atoms with van der Waals surface area (Å²) >= 11 is 0. The van der Waals surface area contributed by atoms with Crippen molar-refractivity contribution in [1.82, 2.24) is 5.32 Å². The van der Waals surface area contributed by atoms with Crippen LogP contribution in [0.1, 0.15) is 47.2 Å². The maximum Gasteiger partial charge on any atom is 0.258 e. The van der Waals surface area contributed by atoms with Crippen LogP contribution in [0.15, 0.2) is 12.1 Å². The highest BCUT2D eigenvalue weighted by Gasteiger charge is 2.17. The van der Waals surface area contributed by atoms with Gasteiger partial charge in [0.2, 0.25) is 0 Å². The summed E-state index contributed by atoms with van der Waals surface area (Å²) in [5.74, 6) is 0.618. The number of amides is 1. The molecule has 0 aromatic heterocycles. The molecule has 1 aliphatic rings. The van der Waals surface area contributed by atoms with E-state index >= 15 is 0 Å². The number of carbonyl (C=O) groups is 2. The molecule has 1 aromatic rings. The van der Waals surface area contributed by atoms with Crippen LogP contribution in [0, 0.1) is 13.8 Å². The zero-order valence-corrected chi connectivity index (χ0v) is 12.1. The molecule has 1 amide bonds. The Bertz CT molecular complexity index is 481. The first-order valence-corrected chi connectivity index (χ1v) is 7.08. The molecule has 0 bridgehead atoms. The second kappa shape index (κ2) is 6.55. The van der Waals surface area contributed by atoms with E-state index in [1.807, 2.05) is 13.8 Å². The molecule has 20 heavy (non-hydrogen) atoms. The number of hydrogen-bond acceptors (Lipinski definition) is 3. The Morgan fingerprint density at radius 3 is 2.45 bits per heavy atom. The average Bonchev–Trinajstić information content (AvgIpc) is 2.90. The van der Waals surface area contributed by atoms with Crippen LogP contribution in [0.25, 0.3) is 0 Å². The molecule has 0 spiro atoms. The van der Waals surface area contributed by atoms with Crippen LogP contribution >= 0.6 is 0 Å². The highest BCUT2D eigenvalue weighted by Crippen LogP contribution is 2.24. The third-order valence-electron chi connectivity index (χ3n) is 3.69. The summed E-state index contributed by atoms with van der Waals surface area (Å²) in [6.07, 6.45) is 5.33. The van der Waals surface area contributed by atoms with Crippen molar-refractivity contribution >= 4 is 12.2 Å². The van der Waals surface area contributed by atoms with E-state index in [9.17, 15) is 9.59 Å². The van der Waals surface area contributed by atoms with Gasteiger partial charge in [0.1, 0.15) is 12.0 Å². The van der Waals surface area contributed by atoms with Crippen LogP contribution in [0.5, 0.6) is 5.75 Å². The standard InChI is InChI=1S/C16H21NO3/c1-11-7-13(9-18)8-12(2)16(11)20-10-15(19)17-14-5-3-4-6-14/h7-9,14H,3-6,10H2,1-2H3,(H,17,19). The minimum absolute atomic E-state index is 0.0264. The average molecular weight is 275 g/mol. The van der Waals surface area contributed by atoms with Gasteiger partial charge in [0.05, 0.1) is 0 Å². The van der Waals surface area contributed by atoms with Gasteiger partial charge in [0, 0.05) is 11.6 Å². The lowest BCUT2D eigenvalue weighted by molar-refractivity contribution is -0.123. The van der Waals surface area contributed by atoms with Crippen molar-refractivity contribution in [3.8, 4) is 5.75 Å². The van der Waals surface area contributed by atoms with Gasteiger partial charge >= 0.3 is 0 Å². The number of ether oxygens (including phenoxy) is 1. The summed E-state index contributed by atoms with van der Waals surface area (Å²) in [6.45, 7) is 3.78. The third-order valence-corrected chi connectivity index (χ3v) is 3.69. The van der Waals surface area contributed by atoms with E-state index in [4.69, 9.17) is 4.74 Å². The van der Waals surface area contributed by atoms with Crippen molar-refractivity contribution in [2.45, 2.75) is 45.6 Å². The lowest BCUT2D eigenvalue weighted by atomic mass is 10.1. The van der Waals surface area contributed by atoms with Crippen molar-refractivity contribution in [2.75, 3.05) is 6.61 Å². The number of aryl methyl sites for hydroxylation is 2. The highest BCUT2D eigenvalue weighted by molar-refractivity contribution is 5.78. The minimum atomic E-state index is -0.0739. The first kappa shape index (κ1) is 14.6. The van der Waals surface area contributed by atoms with Crippen LogP contribution in [-0.4, -0.2) is 24.8 Å². The predicted molar refractivity (Wildman–Crippen MR) is 77.2 cm³/mol. The first-order valence-electron chi connectivity index (χ1n) is 7.08. The van der Waals surface area contributed by atoms with E-state index in [0.717, 1.165) is 30.3 Å². The molecule has 0 atom stereocenters. The van der Waals surface area contributed by atoms with Crippen LogP contribution in [0.2, 0.25) is 0 Å². The van der Waals surface area contributed by atoms with Gasteiger partial charge in [-0.25, -0.2) is 0 Å². The van der Waals surface area contributed by atoms with Gasteiger partial charge in [-0.2, -0.15) is 0 Å². The smallest absolute Gasteiger partial charge is 0.258 e. The predicted octanol–water partition coefficient (Wildman–Crippen LogP) is 2.55. The molecule has 2 rings (SSSR count). The van der Waals surface area contributed by atoms with Crippen LogP contribution in [-0.2, 0) is 4.79 Å². The van der Waals surface area contributed by atoms with Crippen molar-refractivity contribution < 1.29 is 14.3 Å². The van der Waals surface area contributed by atoms with Crippen LogP contribution in [0.4, 0.5) is 0 Å². The molecule has 1 aromatic carbocycles. The number of carbonyl (C=O) groups excluding carboxylic acids is 2. The van der Waals surface area contributed by atoms with Crippen molar-refractivity contribution in [3.05, 3.63) is 28.8 Å². The van der Waals surface area contributed by atoms with E-state index < -0.39 is 0 Å². The van der Waals surface area contributed by atoms with E-state index in [1.165, 1.54) is 12.8 Å².